The zero-order valence-corrected chi connectivity index (χ0v) is 10.1. The molecule has 0 spiro atoms. The summed E-state index contributed by atoms with van der Waals surface area (Å²) in [6.45, 7) is 0.327. The monoisotopic (exact) mass is 266 g/mol. The highest BCUT2D eigenvalue weighted by atomic mass is 16.4. The molecule has 102 valence electrons. The standard InChI is InChI=1S/C11H14N4O4/c16-8-1-2-9(17)15(10(8)11(18)19)14-4-3-7-5-12-6-13-7/h5-6,10,14H,1-4H2,(H,12,13)(H,18,19)/t10-/m0/s1. The molecule has 0 aliphatic carbocycles. The van der Waals surface area contributed by atoms with Crippen molar-refractivity contribution in [3.8, 4) is 0 Å². The topological polar surface area (TPSA) is 115 Å². The summed E-state index contributed by atoms with van der Waals surface area (Å²) < 4.78 is 0. The van der Waals surface area contributed by atoms with Crippen LogP contribution in [0.15, 0.2) is 12.5 Å². The highest BCUT2D eigenvalue weighted by Gasteiger charge is 2.39. The molecule has 1 aliphatic rings. The highest BCUT2D eigenvalue weighted by molar-refractivity contribution is 6.08. The predicted octanol–water partition coefficient (Wildman–Crippen LogP) is -0.898. The average molecular weight is 266 g/mol. The van der Waals surface area contributed by atoms with E-state index in [1.165, 1.54) is 6.33 Å². The van der Waals surface area contributed by atoms with Gasteiger partial charge in [-0.2, -0.15) is 0 Å². The lowest BCUT2D eigenvalue weighted by Gasteiger charge is -2.31. The Labute approximate surface area is 108 Å². The lowest BCUT2D eigenvalue weighted by atomic mass is 10.0. The molecule has 0 aromatic carbocycles. The van der Waals surface area contributed by atoms with Crippen molar-refractivity contribution in [2.24, 2.45) is 0 Å². The minimum atomic E-state index is -1.43. The molecule has 3 N–H and O–H groups in total. The van der Waals surface area contributed by atoms with E-state index in [0.29, 0.717) is 13.0 Å². The molecule has 1 aromatic heterocycles. The molecule has 0 bridgehead atoms. The molecule has 1 saturated heterocycles. The Morgan fingerprint density at radius 3 is 2.95 bits per heavy atom. The first-order valence-corrected chi connectivity index (χ1v) is 5.88. The number of Topliss-reactive ketones (excluding diaryl/α,β-unsaturated/α-hetero) is 1. The Bertz CT molecular complexity index is 485. The van der Waals surface area contributed by atoms with Gasteiger partial charge in [-0.1, -0.05) is 0 Å². The van der Waals surface area contributed by atoms with Crippen molar-refractivity contribution in [2.45, 2.75) is 25.3 Å². The van der Waals surface area contributed by atoms with Gasteiger partial charge in [0.05, 0.1) is 12.0 Å². The molecule has 1 amide bonds. The second-order valence-corrected chi connectivity index (χ2v) is 4.19. The van der Waals surface area contributed by atoms with E-state index in [2.05, 4.69) is 15.4 Å². The van der Waals surface area contributed by atoms with Crippen molar-refractivity contribution in [3.63, 3.8) is 0 Å². The fraction of sp³-hybridized carbons (Fsp3) is 0.455. The van der Waals surface area contributed by atoms with Gasteiger partial charge >= 0.3 is 5.97 Å². The molecule has 1 atom stereocenters. The van der Waals surface area contributed by atoms with Crippen LogP contribution in [0.4, 0.5) is 0 Å². The maximum atomic E-state index is 11.7. The van der Waals surface area contributed by atoms with Gasteiger partial charge in [0.15, 0.2) is 5.78 Å². The van der Waals surface area contributed by atoms with Crippen LogP contribution in [0, 0.1) is 0 Å². The maximum absolute atomic E-state index is 11.7. The van der Waals surface area contributed by atoms with Crippen LogP contribution in [-0.2, 0) is 20.8 Å². The van der Waals surface area contributed by atoms with Crippen LogP contribution < -0.4 is 5.43 Å². The Balaban J connectivity index is 1.96. The number of carboxylic acids is 1. The quantitative estimate of drug-likeness (QED) is 0.595. The number of carboxylic acid groups (broad SMARTS) is 1. The van der Waals surface area contributed by atoms with E-state index in [9.17, 15) is 14.4 Å². The highest BCUT2D eigenvalue weighted by Crippen LogP contribution is 2.13. The van der Waals surface area contributed by atoms with Gasteiger partial charge in [0.2, 0.25) is 11.9 Å². The summed E-state index contributed by atoms with van der Waals surface area (Å²) >= 11 is 0. The number of piperidine rings is 1. The minimum Gasteiger partial charge on any atom is -0.479 e. The third-order valence-corrected chi connectivity index (χ3v) is 2.87. The van der Waals surface area contributed by atoms with Gasteiger partial charge < -0.3 is 10.1 Å². The van der Waals surface area contributed by atoms with Crippen LogP contribution in [0.5, 0.6) is 0 Å². The zero-order valence-electron chi connectivity index (χ0n) is 10.1. The number of rotatable bonds is 5. The Hall–Kier alpha value is -2.22. The molecule has 2 heterocycles. The summed E-state index contributed by atoms with van der Waals surface area (Å²) in [5, 5.41) is 9.93. The normalized spacial score (nSPS) is 19.8. The van der Waals surface area contributed by atoms with Crippen molar-refractivity contribution >= 4 is 17.7 Å². The zero-order chi connectivity index (χ0) is 13.8. The number of H-pyrrole nitrogens is 1. The molecule has 1 aliphatic heterocycles. The molecule has 1 aromatic rings. The van der Waals surface area contributed by atoms with E-state index in [4.69, 9.17) is 5.11 Å². The van der Waals surface area contributed by atoms with Gasteiger partial charge in [-0.3, -0.25) is 14.6 Å². The number of ketones is 1. The van der Waals surface area contributed by atoms with Crippen molar-refractivity contribution in [3.05, 3.63) is 18.2 Å². The molecular weight excluding hydrogens is 252 g/mol. The van der Waals surface area contributed by atoms with Gasteiger partial charge in [0.25, 0.3) is 0 Å². The van der Waals surface area contributed by atoms with E-state index in [1.807, 2.05) is 0 Å². The summed E-state index contributed by atoms with van der Waals surface area (Å²) in [4.78, 5) is 41.1. The number of carbonyl (C=O) groups is 3. The molecule has 0 unspecified atom stereocenters. The number of aromatic amines is 1. The largest absolute Gasteiger partial charge is 0.479 e. The van der Waals surface area contributed by atoms with Crippen molar-refractivity contribution in [2.75, 3.05) is 6.54 Å². The first kappa shape index (κ1) is 13.2. The van der Waals surface area contributed by atoms with Crippen LogP contribution >= 0.6 is 0 Å². The number of nitrogens with one attached hydrogen (secondary N) is 2. The minimum absolute atomic E-state index is 0.0205. The molecule has 8 heteroatoms. The molecule has 0 saturated carbocycles. The molecular formula is C11H14N4O4. The second kappa shape index (κ2) is 5.61. The smallest absolute Gasteiger partial charge is 0.335 e. The van der Waals surface area contributed by atoms with Crippen LogP contribution in [0.2, 0.25) is 0 Å². The average Bonchev–Trinajstić information content (AvgIpc) is 2.86. The number of carbonyl (C=O) groups excluding carboxylic acids is 2. The molecule has 2 rings (SSSR count). The van der Waals surface area contributed by atoms with Crippen molar-refractivity contribution in [1.82, 2.24) is 20.4 Å². The molecule has 0 radical (unpaired) electrons. The maximum Gasteiger partial charge on any atom is 0.335 e. The van der Waals surface area contributed by atoms with Crippen LogP contribution in [0.3, 0.4) is 0 Å². The van der Waals surface area contributed by atoms with Crippen molar-refractivity contribution in [1.29, 1.82) is 0 Å². The number of hydrogen-bond acceptors (Lipinski definition) is 5. The fourth-order valence-electron chi connectivity index (χ4n) is 1.93. The number of nitrogens with zero attached hydrogens (tertiary/aromatic N) is 2. The number of hydrazine groups is 1. The molecule has 19 heavy (non-hydrogen) atoms. The molecule has 8 nitrogen and oxygen atoms in total. The summed E-state index contributed by atoms with van der Waals surface area (Å²) in [6.07, 6.45) is 3.78. The van der Waals surface area contributed by atoms with Crippen LogP contribution in [-0.4, -0.2) is 50.3 Å². The Morgan fingerprint density at radius 1 is 1.53 bits per heavy atom. The number of aromatic nitrogens is 2. The van der Waals surface area contributed by atoms with Gasteiger partial charge in [-0.05, 0) is 0 Å². The summed E-state index contributed by atoms with van der Waals surface area (Å²) in [7, 11) is 0. The first-order chi connectivity index (χ1) is 9.09. The number of imidazole rings is 1. The number of hydrogen-bond donors (Lipinski definition) is 3. The fourth-order valence-corrected chi connectivity index (χ4v) is 1.93. The van der Waals surface area contributed by atoms with Gasteiger partial charge in [-0.25, -0.2) is 15.2 Å². The third kappa shape index (κ3) is 2.97. The Morgan fingerprint density at radius 2 is 2.32 bits per heavy atom. The lowest BCUT2D eigenvalue weighted by molar-refractivity contribution is -0.161. The van der Waals surface area contributed by atoms with Crippen molar-refractivity contribution < 1.29 is 19.5 Å². The number of amides is 1. The van der Waals surface area contributed by atoms with E-state index in [0.717, 1.165) is 10.7 Å². The van der Waals surface area contributed by atoms with E-state index < -0.39 is 17.8 Å². The number of aliphatic carboxylic acids is 1. The summed E-state index contributed by atoms with van der Waals surface area (Å²) in [5.41, 5.74) is 3.49. The first-order valence-electron chi connectivity index (χ1n) is 5.88. The van der Waals surface area contributed by atoms with E-state index in [1.54, 1.807) is 6.20 Å². The summed E-state index contributed by atoms with van der Waals surface area (Å²) in [6, 6.07) is -1.43. The van der Waals surface area contributed by atoms with Gasteiger partial charge in [0, 0.05) is 32.0 Å². The SMILES string of the molecule is O=C(O)[C@@H]1C(=O)CCC(=O)N1NCCc1c[nH]cn1. The predicted molar refractivity (Wildman–Crippen MR) is 62.8 cm³/mol. The van der Waals surface area contributed by atoms with Gasteiger partial charge in [-0.15, -0.1) is 0 Å². The van der Waals surface area contributed by atoms with Crippen LogP contribution in [0.25, 0.3) is 0 Å². The van der Waals surface area contributed by atoms with Crippen LogP contribution in [0.1, 0.15) is 18.5 Å². The molecule has 1 fully saturated rings. The van der Waals surface area contributed by atoms with E-state index in [-0.39, 0.29) is 18.7 Å². The van der Waals surface area contributed by atoms with E-state index >= 15 is 0 Å². The lowest BCUT2D eigenvalue weighted by Crippen LogP contribution is -2.59. The second-order valence-electron chi connectivity index (χ2n) is 4.19. The van der Waals surface area contributed by atoms with Gasteiger partial charge in [0.1, 0.15) is 0 Å². The Kier molecular flexibility index (Phi) is 3.91. The summed E-state index contributed by atoms with van der Waals surface area (Å²) in [5.74, 6) is -2.15. The third-order valence-electron chi connectivity index (χ3n) is 2.87.